The van der Waals surface area contributed by atoms with E-state index in [0.29, 0.717) is 39.3 Å². The van der Waals surface area contributed by atoms with Gasteiger partial charge in [-0.25, -0.2) is 4.98 Å². The molecule has 0 aliphatic carbocycles. The third kappa shape index (κ3) is 4.19. The van der Waals surface area contributed by atoms with Crippen LogP contribution in [0.4, 0.5) is 5.82 Å². The number of fused-ring (bicyclic) bond motifs is 1. The third-order valence-corrected chi connectivity index (χ3v) is 6.14. The van der Waals surface area contributed by atoms with Gasteiger partial charge < -0.3 is 10.1 Å². The number of carbonyl (C=O) groups is 1. The summed E-state index contributed by atoms with van der Waals surface area (Å²) in [4.78, 5) is 32.6. The van der Waals surface area contributed by atoms with E-state index in [1.807, 2.05) is 37.3 Å². The van der Waals surface area contributed by atoms with Crippen LogP contribution in [0.2, 0.25) is 0 Å². The largest absolute Gasteiger partial charge is 0.497 e. The van der Waals surface area contributed by atoms with Crippen LogP contribution in [0.1, 0.15) is 18.1 Å². The number of thiocarbonyl (C=S) groups is 1. The van der Waals surface area contributed by atoms with Crippen molar-refractivity contribution in [2.45, 2.75) is 13.5 Å². The van der Waals surface area contributed by atoms with Crippen LogP contribution in [0.15, 0.2) is 58.4 Å². The highest BCUT2D eigenvalue weighted by atomic mass is 32.2. The topological polar surface area (TPSA) is 75.9 Å². The van der Waals surface area contributed by atoms with Gasteiger partial charge >= 0.3 is 0 Å². The summed E-state index contributed by atoms with van der Waals surface area (Å²) in [5, 5.41) is 3.12. The molecule has 0 atom stereocenters. The lowest BCUT2D eigenvalue weighted by atomic mass is 10.2. The molecule has 1 N–H and O–H groups in total. The minimum absolute atomic E-state index is 0.231. The molecule has 0 bridgehead atoms. The van der Waals surface area contributed by atoms with Crippen LogP contribution in [0.25, 0.3) is 11.7 Å². The summed E-state index contributed by atoms with van der Waals surface area (Å²) in [5.74, 6) is 0.958. The Hall–Kier alpha value is -3.17. The summed E-state index contributed by atoms with van der Waals surface area (Å²) in [5.41, 5.74) is 1.55. The monoisotopic (exact) mass is 452 g/mol. The number of amides is 1. The molecule has 3 heterocycles. The van der Waals surface area contributed by atoms with Gasteiger partial charge in [0.15, 0.2) is 0 Å². The van der Waals surface area contributed by atoms with Crippen LogP contribution >= 0.6 is 24.0 Å². The zero-order valence-electron chi connectivity index (χ0n) is 17.0. The molecule has 1 saturated heterocycles. The molecule has 158 valence electrons. The molecule has 1 fully saturated rings. The first-order valence-corrected chi connectivity index (χ1v) is 10.9. The minimum Gasteiger partial charge on any atom is -0.497 e. The zero-order valence-corrected chi connectivity index (χ0v) is 18.6. The molecule has 1 aromatic carbocycles. The first-order chi connectivity index (χ1) is 15.0. The predicted octanol–water partition coefficient (Wildman–Crippen LogP) is 3.54. The first-order valence-electron chi connectivity index (χ1n) is 9.65. The van der Waals surface area contributed by atoms with Crippen molar-refractivity contribution in [1.82, 2.24) is 14.3 Å². The van der Waals surface area contributed by atoms with Gasteiger partial charge in [-0.2, -0.15) is 0 Å². The first kappa shape index (κ1) is 21.1. The SMILES string of the molecule is CCNc1nc2ccccn2c(=O)c1/C=C1/SC(=S)N(Cc2ccc(OC)cc2)C1=O. The van der Waals surface area contributed by atoms with E-state index in [4.69, 9.17) is 17.0 Å². The lowest BCUT2D eigenvalue weighted by Crippen LogP contribution is -2.27. The highest BCUT2D eigenvalue weighted by Gasteiger charge is 2.32. The van der Waals surface area contributed by atoms with Crippen molar-refractivity contribution in [3.8, 4) is 5.75 Å². The Balaban J connectivity index is 1.69. The maximum Gasteiger partial charge on any atom is 0.267 e. The Bertz CT molecular complexity index is 1250. The van der Waals surface area contributed by atoms with Crippen LogP contribution in [-0.4, -0.2) is 38.2 Å². The smallest absolute Gasteiger partial charge is 0.267 e. The summed E-state index contributed by atoms with van der Waals surface area (Å²) < 4.78 is 7.09. The van der Waals surface area contributed by atoms with E-state index in [-0.39, 0.29) is 11.5 Å². The number of benzene rings is 1. The van der Waals surface area contributed by atoms with Crippen molar-refractivity contribution in [1.29, 1.82) is 0 Å². The number of methoxy groups -OCH3 is 1. The number of thioether (sulfide) groups is 1. The molecule has 1 amide bonds. The van der Waals surface area contributed by atoms with Gasteiger partial charge in [0.2, 0.25) is 0 Å². The van der Waals surface area contributed by atoms with Crippen molar-refractivity contribution >= 4 is 51.7 Å². The summed E-state index contributed by atoms with van der Waals surface area (Å²) >= 11 is 6.63. The molecule has 0 spiro atoms. The van der Waals surface area contributed by atoms with E-state index in [9.17, 15) is 9.59 Å². The minimum atomic E-state index is -0.248. The third-order valence-electron chi connectivity index (χ3n) is 4.76. The second kappa shape index (κ2) is 8.91. The number of hydrogen-bond donors (Lipinski definition) is 1. The molecule has 2 aromatic heterocycles. The van der Waals surface area contributed by atoms with Crippen LogP contribution < -0.4 is 15.6 Å². The molecule has 1 aliphatic rings. The number of anilines is 1. The lowest BCUT2D eigenvalue weighted by Gasteiger charge is -2.14. The molecule has 31 heavy (non-hydrogen) atoms. The second-order valence-corrected chi connectivity index (χ2v) is 8.43. The van der Waals surface area contributed by atoms with Crippen molar-refractivity contribution < 1.29 is 9.53 Å². The zero-order chi connectivity index (χ0) is 22.0. The second-order valence-electron chi connectivity index (χ2n) is 6.75. The number of carbonyl (C=O) groups excluding carboxylic acids is 1. The molecule has 9 heteroatoms. The van der Waals surface area contributed by atoms with Crippen LogP contribution in [0.5, 0.6) is 5.75 Å². The fourth-order valence-corrected chi connectivity index (χ4v) is 4.45. The molecule has 1 aliphatic heterocycles. The molecular weight excluding hydrogens is 432 g/mol. The van der Waals surface area contributed by atoms with E-state index in [0.717, 1.165) is 11.3 Å². The number of aromatic nitrogens is 2. The highest BCUT2D eigenvalue weighted by molar-refractivity contribution is 8.26. The van der Waals surface area contributed by atoms with Crippen molar-refractivity contribution in [3.05, 3.63) is 75.0 Å². The lowest BCUT2D eigenvalue weighted by molar-refractivity contribution is -0.122. The van der Waals surface area contributed by atoms with Gasteiger partial charge in [0.25, 0.3) is 11.5 Å². The Labute approximate surface area is 188 Å². The molecule has 7 nitrogen and oxygen atoms in total. The quantitative estimate of drug-likeness (QED) is 0.453. The molecule has 0 radical (unpaired) electrons. The fraction of sp³-hybridized carbons (Fsp3) is 0.182. The van der Waals surface area contributed by atoms with Gasteiger partial charge in [-0.1, -0.05) is 42.2 Å². The number of ether oxygens (including phenoxy) is 1. The van der Waals surface area contributed by atoms with Crippen molar-refractivity contribution in [3.63, 3.8) is 0 Å². The Kier molecular flexibility index (Phi) is 6.06. The van der Waals surface area contributed by atoms with Crippen LogP contribution in [0.3, 0.4) is 0 Å². The van der Waals surface area contributed by atoms with Crippen LogP contribution in [0, 0.1) is 0 Å². The number of nitrogens with zero attached hydrogens (tertiary/aromatic N) is 3. The van der Waals surface area contributed by atoms with E-state index >= 15 is 0 Å². The molecule has 0 saturated carbocycles. The number of rotatable bonds is 6. The maximum atomic E-state index is 13.1. The van der Waals surface area contributed by atoms with Gasteiger partial charge in [-0.05, 0) is 42.8 Å². The van der Waals surface area contributed by atoms with Crippen molar-refractivity contribution in [2.24, 2.45) is 0 Å². The van der Waals surface area contributed by atoms with Gasteiger partial charge in [0.1, 0.15) is 21.5 Å². The fourth-order valence-electron chi connectivity index (χ4n) is 3.22. The van der Waals surface area contributed by atoms with Crippen LogP contribution in [-0.2, 0) is 11.3 Å². The normalized spacial score (nSPS) is 15.2. The number of nitrogens with one attached hydrogen (secondary N) is 1. The standard InChI is InChI=1S/C22H20N4O3S2/c1-3-23-19-16(20(27)25-11-5-4-6-18(25)24-19)12-17-21(28)26(22(30)31-17)13-14-7-9-15(29-2)10-8-14/h4-12,23H,3,13H2,1-2H3/b17-12+. The van der Waals surface area contributed by atoms with E-state index in [1.165, 1.54) is 21.1 Å². The highest BCUT2D eigenvalue weighted by Crippen LogP contribution is 2.34. The maximum absolute atomic E-state index is 13.1. The summed E-state index contributed by atoms with van der Waals surface area (Å²) in [6.07, 6.45) is 3.24. The molecule has 0 unspecified atom stereocenters. The Morgan fingerprint density at radius 3 is 2.68 bits per heavy atom. The summed E-state index contributed by atoms with van der Waals surface area (Å²) in [6, 6.07) is 12.8. The van der Waals surface area contributed by atoms with Gasteiger partial charge in [0, 0.05) is 12.7 Å². The number of pyridine rings is 1. The van der Waals surface area contributed by atoms with Gasteiger partial charge in [0.05, 0.1) is 24.1 Å². The average molecular weight is 453 g/mol. The van der Waals surface area contributed by atoms with E-state index < -0.39 is 0 Å². The molecule has 4 rings (SSSR count). The van der Waals surface area contributed by atoms with E-state index in [2.05, 4.69) is 10.3 Å². The van der Waals surface area contributed by atoms with Gasteiger partial charge in [-0.15, -0.1) is 0 Å². The molecular formula is C22H20N4O3S2. The Morgan fingerprint density at radius 2 is 1.97 bits per heavy atom. The summed E-state index contributed by atoms with van der Waals surface area (Å²) in [7, 11) is 1.60. The predicted molar refractivity (Wildman–Crippen MR) is 127 cm³/mol. The summed E-state index contributed by atoms with van der Waals surface area (Å²) in [6.45, 7) is 2.86. The average Bonchev–Trinajstić information content (AvgIpc) is 3.04. The van der Waals surface area contributed by atoms with Crippen molar-refractivity contribution in [2.75, 3.05) is 19.0 Å². The molecule has 3 aromatic rings. The van der Waals surface area contributed by atoms with Gasteiger partial charge in [-0.3, -0.25) is 18.9 Å². The van der Waals surface area contributed by atoms with E-state index in [1.54, 1.807) is 31.5 Å². The number of hydrogen-bond acceptors (Lipinski definition) is 7. The Morgan fingerprint density at radius 1 is 1.19 bits per heavy atom.